The van der Waals surface area contributed by atoms with Crippen LogP contribution in [-0.2, 0) is 7.05 Å². The summed E-state index contributed by atoms with van der Waals surface area (Å²) in [5, 5.41) is 4.49. The summed E-state index contributed by atoms with van der Waals surface area (Å²) in [6, 6.07) is 0. The van der Waals surface area contributed by atoms with Crippen LogP contribution in [0.5, 0.6) is 0 Å². The van der Waals surface area contributed by atoms with Crippen LogP contribution in [-0.4, -0.2) is 19.7 Å². The van der Waals surface area contributed by atoms with Crippen LogP contribution in [0.4, 0.5) is 0 Å². The molecule has 0 bridgehead atoms. The number of aryl methyl sites for hydroxylation is 1. The van der Waals surface area contributed by atoms with E-state index >= 15 is 0 Å². The van der Waals surface area contributed by atoms with Crippen LogP contribution in [0, 0.1) is 0 Å². The predicted octanol–water partition coefficient (Wildman–Crippen LogP) is 0.419. The van der Waals surface area contributed by atoms with Crippen molar-refractivity contribution in [3.05, 3.63) is 21.3 Å². The third kappa shape index (κ3) is 0.878. The molecule has 2 aromatic heterocycles. The van der Waals surface area contributed by atoms with E-state index in [-0.39, 0.29) is 5.56 Å². The van der Waals surface area contributed by atoms with Crippen molar-refractivity contribution in [2.45, 2.75) is 0 Å². The number of nitrogens with zero attached hydrogens (tertiary/aromatic N) is 3. The first-order chi connectivity index (χ1) is 5.70. The highest BCUT2D eigenvalue weighted by molar-refractivity contribution is 9.10. The zero-order chi connectivity index (χ0) is 8.72. The van der Waals surface area contributed by atoms with E-state index < -0.39 is 0 Å². The Hall–Kier alpha value is -1.17. The van der Waals surface area contributed by atoms with Gasteiger partial charge >= 0.3 is 0 Å². The average Bonchev–Trinajstić information content (AvgIpc) is 2.29. The summed E-state index contributed by atoms with van der Waals surface area (Å²) in [5.74, 6) is 0. The number of hydrogen-bond donors (Lipinski definition) is 1. The zero-order valence-corrected chi connectivity index (χ0v) is 7.79. The van der Waals surface area contributed by atoms with E-state index in [1.165, 1.54) is 6.33 Å². The molecule has 0 aliphatic heterocycles. The molecule has 5 nitrogen and oxygen atoms in total. The van der Waals surface area contributed by atoms with Gasteiger partial charge in [-0.3, -0.25) is 4.79 Å². The van der Waals surface area contributed by atoms with Crippen LogP contribution in [0.2, 0.25) is 0 Å². The van der Waals surface area contributed by atoms with E-state index in [1.54, 1.807) is 11.7 Å². The van der Waals surface area contributed by atoms with Crippen LogP contribution in [0.15, 0.2) is 15.7 Å². The summed E-state index contributed by atoms with van der Waals surface area (Å²) in [6.45, 7) is 0. The Morgan fingerprint density at radius 3 is 3.08 bits per heavy atom. The molecule has 0 aromatic carbocycles. The Morgan fingerprint density at radius 2 is 2.42 bits per heavy atom. The van der Waals surface area contributed by atoms with Crippen molar-refractivity contribution < 1.29 is 0 Å². The molecule has 0 radical (unpaired) electrons. The van der Waals surface area contributed by atoms with Crippen molar-refractivity contribution in [1.29, 1.82) is 0 Å². The number of fused-ring (bicyclic) bond motifs is 1. The van der Waals surface area contributed by atoms with Crippen molar-refractivity contribution in [3.8, 4) is 0 Å². The molecule has 2 heterocycles. The normalized spacial score (nSPS) is 10.8. The van der Waals surface area contributed by atoms with Crippen LogP contribution in [0.1, 0.15) is 0 Å². The number of hydrogen-bond acceptors (Lipinski definition) is 3. The zero-order valence-electron chi connectivity index (χ0n) is 6.21. The van der Waals surface area contributed by atoms with Crippen molar-refractivity contribution in [1.82, 2.24) is 19.7 Å². The SMILES string of the molecule is Cn1nc(Br)c2c(=O)[nH]cnc21. The van der Waals surface area contributed by atoms with Gasteiger partial charge in [-0.2, -0.15) is 5.10 Å². The van der Waals surface area contributed by atoms with E-state index in [2.05, 4.69) is 31.0 Å². The lowest BCUT2D eigenvalue weighted by atomic mass is 10.4. The van der Waals surface area contributed by atoms with Crippen LogP contribution in [0.3, 0.4) is 0 Å². The van der Waals surface area contributed by atoms with E-state index in [9.17, 15) is 4.79 Å². The summed E-state index contributed by atoms with van der Waals surface area (Å²) >= 11 is 3.18. The van der Waals surface area contributed by atoms with Gasteiger partial charge in [0.25, 0.3) is 5.56 Å². The van der Waals surface area contributed by atoms with Gasteiger partial charge < -0.3 is 4.98 Å². The molecule has 0 spiro atoms. The molecule has 12 heavy (non-hydrogen) atoms. The summed E-state index contributed by atoms with van der Waals surface area (Å²) < 4.78 is 2.07. The largest absolute Gasteiger partial charge is 0.312 e. The van der Waals surface area contributed by atoms with Gasteiger partial charge in [0, 0.05) is 7.05 Å². The molecular weight excluding hydrogens is 224 g/mol. The minimum Gasteiger partial charge on any atom is -0.312 e. The maximum absolute atomic E-state index is 11.2. The lowest BCUT2D eigenvalue weighted by molar-refractivity contribution is 0.777. The monoisotopic (exact) mass is 228 g/mol. The first-order valence-corrected chi connectivity index (χ1v) is 4.05. The Kier molecular flexibility index (Phi) is 1.50. The Bertz CT molecular complexity index is 486. The molecule has 0 atom stereocenters. The molecule has 1 N–H and O–H groups in total. The molecule has 62 valence electrons. The van der Waals surface area contributed by atoms with Crippen molar-refractivity contribution in [2.24, 2.45) is 7.05 Å². The molecular formula is C6H5BrN4O. The summed E-state index contributed by atoms with van der Waals surface area (Å²) in [6.07, 6.45) is 1.36. The molecule has 2 aromatic rings. The number of rotatable bonds is 0. The fraction of sp³-hybridized carbons (Fsp3) is 0.167. The molecule has 0 aliphatic carbocycles. The quantitative estimate of drug-likeness (QED) is 0.711. The highest BCUT2D eigenvalue weighted by Crippen LogP contribution is 2.15. The van der Waals surface area contributed by atoms with E-state index in [1.807, 2.05) is 0 Å². The van der Waals surface area contributed by atoms with Gasteiger partial charge in [0.15, 0.2) is 5.65 Å². The lowest BCUT2D eigenvalue weighted by Crippen LogP contribution is -2.06. The number of nitrogens with one attached hydrogen (secondary N) is 1. The first kappa shape index (κ1) is 7.48. The Morgan fingerprint density at radius 1 is 1.67 bits per heavy atom. The highest BCUT2D eigenvalue weighted by atomic mass is 79.9. The molecule has 0 saturated heterocycles. The van der Waals surface area contributed by atoms with Gasteiger partial charge in [0.1, 0.15) is 9.99 Å². The number of halogens is 1. The topological polar surface area (TPSA) is 63.6 Å². The Labute approximate surface area is 75.6 Å². The second kappa shape index (κ2) is 2.41. The minimum absolute atomic E-state index is 0.181. The number of aromatic nitrogens is 4. The maximum Gasteiger partial charge on any atom is 0.263 e. The summed E-state index contributed by atoms with van der Waals surface area (Å²) in [4.78, 5) is 17.7. The Balaban J connectivity index is 3.09. The molecule has 0 aliphatic rings. The van der Waals surface area contributed by atoms with E-state index in [0.29, 0.717) is 15.6 Å². The predicted molar refractivity (Wildman–Crippen MR) is 46.8 cm³/mol. The fourth-order valence-electron chi connectivity index (χ4n) is 1.05. The van der Waals surface area contributed by atoms with Gasteiger partial charge in [-0.25, -0.2) is 9.67 Å². The fourth-order valence-corrected chi connectivity index (χ4v) is 1.65. The van der Waals surface area contributed by atoms with Crippen LogP contribution >= 0.6 is 15.9 Å². The van der Waals surface area contributed by atoms with Crippen LogP contribution in [0.25, 0.3) is 11.0 Å². The summed E-state index contributed by atoms with van der Waals surface area (Å²) in [5.41, 5.74) is 0.394. The van der Waals surface area contributed by atoms with Crippen LogP contribution < -0.4 is 5.56 Å². The van der Waals surface area contributed by atoms with Gasteiger partial charge in [-0.1, -0.05) is 0 Å². The molecule has 0 fully saturated rings. The average molecular weight is 229 g/mol. The molecule has 0 amide bonds. The molecule has 6 heteroatoms. The summed E-state index contributed by atoms with van der Waals surface area (Å²) in [7, 11) is 1.74. The van der Waals surface area contributed by atoms with Gasteiger partial charge in [-0.15, -0.1) is 0 Å². The number of H-pyrrole nitrogens is 1. The molecule has 2 rings (SSSR count). The van der Waals surface area contributed by atoms with E-state index in [4.69, 9.17) is 0 Å². The third-order valence-electron chi connectivity index (χ3n) is 1.58. The van der Waals surface area contributed by atoms with Crippen molar-refractivity contribution >= 4 is 27.0 Å². The molecule has 0 saturated carbocycles. The minimum atomic E-state index is -0.181. The highest BCUT2D eigenvalue weighted by Gasteiger charge is 2.09. The maximum atomic E-state index is 11.2. The van der Waals surface area contributed by atoms with Crippen molar-refractivity contribution in [2.75, 3.05) is 0 Å². The smallest absolute Gasteiger partial charge is 0.263 e. The standard InChI is InChI=1S/C6H5BrN4O/c1-11-5-3(4(7)10-11)6(12)9-2-8-5/h2H,1H3,(H,8,9,12). The van der Waals surface area contributed by atoms with Gasteiger partial charge in [0.2, 0.25) is 0 Å². The second-order valence-corrected chi connectivity index (χ2v) is 3.10. The third-order valence-corrected chi connectivity index (χ3v) is 2.14. The van der Waals surface area contributed by atoms with Crippen molar-refractivity contribution in [3.63, 3.8) is 0 Å². The van der Waals surface area contributed by atoms with Gasteiger partial charge in [0.05, 0.1) is 6.33 Å². The number of aromatic amines is 1. The lowest BCUT2D eigenvalue weighted by Gasteiger charge is -1.88. The first-order valence-electron chi connectivity index (χ1n) is 3.26. The second-order valence-electron chi connectivity index (χ2n) is 2.34. The molecule has 0 unspecified atom stereocenters. The van der Waals surface area contributed by atoms with Gasteiger partial charge in [-0.05, 0) is 15.9 Å². The van der Waals surface area contributed by atoms with E-state index in [0.717, 1.165) is 0 Å².